The zero-order valence-corrected chi connectivity index (χ0v) is 15.0. The average Bonchev–Trinajstić information content (AvgIpc) is 2.48. The highest BCUT2D eigenvalue weighted by Crippen LogP contribution is 2.43. The summed E-state index contributed by atoms with van der Waals surface area (Å²) in [6.45, 7) is 5.96. The van der Waals surface area contributed by atoms with Crippen molar-refractivity contribution in [2.45, 2.75) is 89.6 Å². The van der Waals surface area contributed by atoms with Gasteiger partial charge in [0, 0.05) is 11.6 Å². The predicted molar refractivity (Wildman–Crippen MR) is 92.7 cm³/mol. The minimum absolute atomic E-state index is 0.398. The van der Waals surface area contributed by atoms with Crippen molar-refractivity contribution in [1.82, 2.24) is 10.2 Å². The fourth-order valence-corrected chi connectivity index (χ4v) is 5.09. The molecule has 0 aromatic carbocycles. The van der Waals surface area contributed by atoms with Gasteiger partial charge in [0.05, 0.1) is 0 Å². The largest absolute Gasteiger partial charge is 0.312 e. The Bertz CT molecular complexity index is 296. The zero-order chi connectivity index (χ0) is 15.3. The summed E-state index contributed by atoms with van der Waals surface area (Å²) in [6, 6.07) is 0.704. The van der Waals surface area contributed by atoms with Crippen LogP contribution in [0.2, 0.25) is 0 Å². The number of hydrogen-bond acceptors (Lipinski definition) is 2. The van der Waals surface area contributed by atoms with Gasteiger partial charge in [-0.3, -0.25) is 0 Å². The van der Waals surface area contributed by atoms with Crippen molar-refractivity contribution in [3.8, 4) is 0 Å². The Morgan fingerprint density at radius 2 is 1.81 bits per heavy atom. The molecule has 3 unspecified atom stereocenters. The van der Waals surface area contributed by atoms with Gasteiger partial charge in [-0.15, -0.1) is 0 Å². The Hall–Kier alpha value is -0.0800. The van der Waals surface area contributed by atoms with Crippen molar-refractivity contribution in [3.05, 3.63) is 0 Å². The van der Waals surface area contributed by atoms with Gasteiger partial charge in [0.15, 0.2) is 0 Å². The fraction of sp³-hybridized carbons (Fsp3) is 1.00. The first kappa shape index (κ1) is 17.3. The third kappa shape index (κ3) is 4.01. The molecular formula is C19H38N2. The molecule has 21 heavy (non-hydrogen) atoms. The van der Waals surface area contributed by atoms with Crippen molar-refractivity contribution >= 4 is 0 Å². The van der Waals surface area contributed by atoms with Crippen LogP contribution in [0, 0.1) is 11.8 Å². The Kier molecular flexibility index (Phi) is 6.55. The van der Waals surface area contributed by atoms with E-state index >= 15 is 0 Å². The molecule has 0 heterocycles. The van der Waals surface area contributed by atoms with E-state index in [1.807, 2.05) is 0 Å². The third-order valence-electron chi connectivity index (χ3n) is 6.21. The van der Waals surface area contributed by atoms with E-state index in [4.69, 9.17) is 0 Å². The first-order valence-electron chi connectivity index (χ1n) is 9.51. The monoisotopic (exact) mass is 294 g/mol. The first-order chi connectivity index (χ1) is 10.1. The van der Waals surface area contributed by atoms with Crippen molar-refractivity contribution < 1.29 is 0 Å². The maximum atomic E-state index is 4.01. The van der Waals surface area contributed by atoms with Gasteiger partial charge in [-0.2, -0.15) is 0 Å². The molecule has 2 aliphatic carbocycles. The number of rotatable bonds is 6. The van der Waals surface area contributed by atoms with Crippen LogP contribution in [0.4, 0.5) is 0 Å². The van der Waals surface area contributed by atoms with Crippen molar-refractivity contribution in [2.24, 2.45) is 11.8 Å². The molecular weight excluding hydrogens is 256 g/mol. The molecule has 0 radical (unpaired) electrons. The van der Waals surface area contributed by atoms with Crippen LogP contribution in [0.5, 0.6) is 0 Å². The maximum absolute atomic E-state index is 4.01. The van der Waals surface area contributed by atoms with E-state index in [2.05, 4.69) is 38.2 Å². The molecule has 2 saturated carbocycles. The second-order valence-electron chi connectivity index (χ2n) is 8.03. The summed E-state index contributed by atoms with van der Waals surface area (Å²) in [7, 11) is 4.67. The van der Waals surface area contributed by atoms with E-state index in [-0.39, 0.29) is 0 Å². The third-order valence-corrected chi connectivity index (χ3v) is 6.21. The summed E-state index contributed by atoms with van der Waals surface area (Å²) < 4.78 is 0. The Morgan fingerprint density at radius 1 is 1.10 bits per heavy atom. The molecule has 2 rings (SSSR count). The van der Waals surface area contributed by atoms with Crippen LogP contribution >= 0.6 is 0 Å². The molecule has 0 aliphatic heterocycles. The normalized spacial score (nSPS) is 33.3. The molecule has 2 fully saturated rings. The van der Waals surface area contributed by atoms with Gasteiger partial charge in [0.2, 0.25) is 0 Å². The lowest BCUT2D eigenvalue weighted by Gasteiger charge is -2.53. The molecule has 1 N–H and O–H groups in total. The van der Waals surface area contributed by atoms with Gasteiger partial charge in [-0.25, -0.2) is 0 Å². The molecule has 124 valence electrons. The Balaban J connectivity index is 2.20. The Labute approximate surface area is 133 Å². The average molecular weight is 295 g/mol. The van der Waals surface area contributed by atoms with Gasteiger partial charge in [-0.05, 0) is 64.6 Å². The molecule has 3 atom stereocenters. The molecule has 0 spiro atoms. The van der Waals surface area contributed by atoms with Gasteiger partial charge < -0.3 is 10.2 Å². The van der Waals surface area contributed by atoms with E-state index in [1.54, 1.807) is 0 Å². The topological polar surface area (TPSA) is 15.3 Å². The molecule has 0 saturated heterocycles. The van der Waals surface area contributed by atoms with Gasteiger partial charge in [0.1, 0.15) is 0 Å². The Morgan fingerprint density at radius 3 is 2.38 bits per heavy atom. The van der Waals surface area contributed by atoms with Crippen molar-refractivity contribution in [1.29, 1.82) is 0 Å². The number of nitrogens with zero attached hydrogens (tertiary/aromatic N) is 1. The maximum Gasteiger partial charge on any atom is 0.0361 e. The molecule has 0 bridgehead atoms. The van der Waals surface area contributed by atoms with Crippen LogP contribution in [0.15, 0.2) is 0 Å². The summed E-state index contributed by atoms with van der Waals surface area (Å²) in [6.07, 6.45) is 14.1. The second-order valence-corrected chi connectivity index (χ2v) is 8.03. The number of nitrogens with one attached hydrogen (secondary N) is 1. The summed E-state index contributed by atoms with van der Waals surface area (Å²) in [5, 5.41) is 4.01. The lowest BCUT2D eigenvalue weighted by molar-refractivity contribution is 0.00833. The van der Waals surface area contributed by atoms with Gasteiger partial charge >= 0.3 is 0 Å². The van der Waals surface area contributed by atoms with E-state index in [9.17, 15) is 0 Å². The van der Waals surface area contributed by atoms with Crippen LogP contribution in [0.25, 0.3) is 0 Å². The standard InChI is InChI=1S/C19H38N2/c1-5-14-20-18(17-11-7-6-8-12-17)19(21(3)4)13-9-10-16(2)15-19/h16-18,20H,5-15H2,1-4H3. The van der Waals surface area contributed by atoms with Crippen LogP contribution in [0.3, 0.4) is 0 Å². The van der Waals surface area contributed by atoms with Crippen molar-refractivity contribution in [2.75, 3.05) is 20.6 Å². The van der Waals surface area contributed by atoms with Crippen LogP contribution in [0.1, 0.15) is 78.1 Å². The van der Waals surface area contributed by atoms with Crippen molar-refractivity contribution in [3.63, 3.8) is 0 Å². The van der Waals surface area contributed by atoms with Crippen LogP contribution < -0.4 is 5.32 Å². The highest BCUT2D eigenvalue weighted by atomic mass is 15.2. The van der Waals surface area contributed by atoms with E-state index in [0.29, 0.717) is 11.6 Å². The SMILES string of the molecule is CCCNC(C1CCCCC1)C1(N(C)C)CCCC(C)C1. The van der Waals surface area contributed by atoms with Crippen LogP contribution in [-0.4, -0.2) is 37.1 Å². The lowest BCUT2D eigenvalue weighted by atomic mass is 9.65. The smallest absolute Gasteiger partial charge is 0.0361 e. The molecule has 0 aromatic rings. The molecule has 2 heteroatoms. The fourth-order valence-electron chi connectivity index (χ4n) is 5.09. The van der Waals surface area contributed by atoms with Crippen LogP contribution in [-0.2, 0) is 0 Å². The summed E-state index contributed by atoms with van der Waals surface area (Å²) in [5.74, 6) is 1.79. The summed E-state index contributed by atoms with van der Waals surface area (Å²) >= 11 is 0. The number of likely N-dealkylation sites (N-methyl/N-ethyl adjacent to an activating group) is 1. The highest BCUT2D eigenvalue weighted by Gasteiger charge is 2.46. The zero-order valence-electron chi connectivity index (χ0n) is 15.0. The van der Waals surface area contributed by atoms with Gasteiger partial charge in [-0.1, -0.05) is 46.0 Å². The van der Waals surface area contributed by atoms with Gasteiger partial charge in [0.25, 0.3) is 0 Å². The quantitative estimate of drug-likeness (QED) is 0.779. The highest BCUT2D eigenvalue weighted by molar-refractivity contribution is 5.04. The molecule has 2 aliphatic rings. The predicted octanol–water partition coefficient (Wildman–Crippen LogP) is 4.45. The number of hydrogen-bond donors (Lipinski definition) is 1. The second kappa shape index (κ2) is 7.97. The van der Waals surface area contributed by atoms with E-state index in [1.165, 1.54) is 70.8 Å². The lowest BCUT2D eigenvalue weighted by Crippen LogP contribution is -2.63. The minimum Gasteiger partial charge on any atom is -0.312 e. The summed E-state index contributed by atoms with van der Waals surface area (Å²) in [4.78, 5) is 2.59. The minimum atomic E-state index is 0.398. The van der Waals surface area contributed by atoms with E-state index < -0.39 is 0 Å². The molecule has 2 nitrogen and oxygen atoms in total. The first-order valence-corrected chi connectivity index (χ1v) is 9.51. The molecule has 0 aromatic heterocycles. The summed E-state index contributed by atoms with van der Waals surface area (Å²) in [5.41, 5.74) is 0.398. The molecule has 0 amide bonds. The van der Waals surface area contributed by atoms with E-state index in [0.717, 1.165) is 11.8 Å².